The Morgan fingerprint density at radius 3 is 2.58 bits per heavy atom. The van der Waals surface area contributed by atoms with Crippen molar-refractivity contribution in [1.82, 2.24) is 5.32 Å². The van der Waals surface area contributed by atoms with Gasteiger partial charge in [-0.15, -0.1) is 11.3 Å². The number of carbonyl (C=O) groups excluding carboxylic acids is 3. The fraction of sp³-hybridized carbons (Fsp3) is 0.278. The molecule has 1 aromatic heterocycles. The lowest BCUT2D eigenvalue weighted by atomic mass is 10.0. The van der Waals surface area contributed by atoms with Gasteiger partial charge in [0.25, 0.3) is 5.91 Å². The summed E-state index contributed by atoms with van der Waals surface area (Å²) < 4.78 is 10.1. The second kappa shape index (κ2) is 9.49. The van der Waals surface area contributed by atoms with Gasteiger partial charge in [-0.2, -0.15) is 0 Å². The molecule has 0 saturated heterocycles. The Bertz CT molecular complexity index is 791. The quantitative estimate of drug-likeness (QED) is 0.668. The number of rotatable bonds is 7. The number of methoxy groups -OCH3 is 2. The molecule has 1 amide bonds. The van der Waals surface area contributed by atoms with E-state index in [1.54, 1.807) is 12.1 Å². The number of ether oxygens (including phenoxy) is 2. The molecule has 0 aliphatic heterocycles. The number of esters is 2. The van der Waals surface area contributed by atoms with E-state index < -0.39 is 23.9 Å². The molecule has 6 nitrogen and oxygen atoms in total. The summed E-state index contributed by atoms with van der Waals surface area (Å²) in [5.41, 5.74) is 1.19. The van der Waals surface area contributed by atoms with E-state index in [4.69, 9.17) is 4.74 Å². The summed E-state index contributed by atoms with van der Waals surface area (Å²) in [6, 6.07) is 8.17. The van der Waals surface area contributed by atoms with Gasteiger partial charge >= 0.3 is 11.9 Å². The summed E-state index contributed by atoms with van der Waals surface area (Å²) in [6.45, 7) is 0. The molecule has 0 aliphatic rings. The van der Waals surface area contributed by atoms with Crippen LogP contribution >= 0.6 is 27.3 Å². The van der Waals surface area contributed by atoms with Crippen LogP contribution < -0.4 is 5.32 Å². The summed E-state index contributed by atoms with van der Waals surface area (Å²) in [6.07, 6.45) is 0.0879. The van der Waals surface area contributed by atoms with Crippen LogP contribution in [0.5, 0.6) is 0 Å². The second-order valence-corrected chi connectivity index (χ2v) is 7.19. The Labute approximate surface area is 163 Å². The van der Waals surface area contributed by atoms with Gasteiger partial charge in [0.05, 0.1) is 14.2 Å². The molecule has 0 fully saturated rings. The van der Waals surface area contributed by atoms with Crippen LogP contribution in [0.3, 0.4) is 0 Å². The molecule has 0 aliphatic carbocycles. The first-order valence-corrected chi connectivity index (χ1v) is 9.42. The van der Waals surface area contributed by atoms with Crippen LogP contribution in [0.4, 0.5) is 0 Å². The molecule has 0 radical (unpaired) electrons. The van der Waals surface area contributed by atoms with Crippen LogP contribution in [0.15, 0.2) is 40.2 Å². The predicted molar refractivity (Wildman–Crippen MR) is 102 cm³/mol. The largest absolute Gasteiger partial charge is 0.469 e. The van der Waals surface area contributed by atoms with E-state index in [0.717, 1.165) is 14.9 Å². The van der Waals surface area contributed by atoms with Gasteiger partial charge in [-0.3, -0.25) is 9.59 Å². The van der Waals surface area contributed by atoms with Gasteiger partial charge in [0.15, 0.2) is 0 Å². The number of hydrogen-bond acceptors (Lipinski definition) is 6. The van der Waals surface area contributed by atoms with Gasteiger partial charge in [0.2, 0.25) is 0 Å². The first-order valence-electron chi connectivity index (χ1n) is 7.75. The van der Waals surface area contributed by atoms with Crippen molar-refractivity contribution < 1.29 is 23.9 Å². The molecular formula is C18H18BrNO5S. The monoisotopic (exact) mass is 439 g/mol. The topological polar surface area (TPSA) is 81.7 Å². The molecule has 0 spiro atoms. The van der Waals surface area contributed by atoms with Crippen molar-refractivity contribution in [3.63, 3.8) is 0 Å². The summed E-state index contributed by atoms with van der Waals surface area (Å²) >= 11 is 4.92. The van der Waals surface area contributed by atoms with E-state index in [2.05, 4.69) is 26.0 Å². The highest BCUT2D eigenvalue weighted by Gasteiger charge is 2.24. The highest BCUT2D eigenvalue weighted by Crippen LogP contribution is 2.30. The first kappa shape index (κ1) is 20.1. The van der Waals surface area contributed by atoms with E-state index >= 15 is 0 Å². The highest BCUT2D eigenvalue weighted by atomic mass is 79.9. The van der Waals surface area contributed by atoms with Crippen LogP contribution in [0.25, 0.3) is 10.4 Å². The number of halogens is 1. The van der Waals surface area contributed by atoms with Crippen molar-refractivity contribution in [2.75, 3.05) is 14.2 Å². The molecule has 8 heteroatoms. The van der Waals surface area contributed by atoms with Gasteiger partial charge in [-0.1, -0.05) is 22.0 Å². The van der Waals surface area contributed by atoms with Crippen molar-refractivity contribution in [3.05, 3.63) is 45.7 Å². The molecule has 2 rings (SSSR count). The molecular weight excluding hydrogens is 422 g/mol. The number of thiophene rings is 1. The standard InChI is InChI=1S/C18H18BrNO5S/c1-24-16(21)8-7-14(18(23)25-2)20-17(22)12-6-5-11(19)10-13(12)15-4-3-9-26-15/h3-6,9-10,14H,7-8H2,1-2H3,(H,20,22)/t14-/m0/s1. The minimum absolute atomic E-state index is 0.00529. The van der Waals surface area contributed by atoms with E-state index in [9.17, 15) is 14.4 Å². The lowest BCUT2D eigenvalue weighted by molar-refractivity contribution is -0.144. The van der Waals surface area contributed by atoms with E-state index in [0.29, 0.717) is 5.56 Å². The lowest BCUT2D eigenvalue weighted by Gasteiger charge is -2.17. The Morgan fingerprint density at radius 1 is 1.19 bits per heavy atom. The van der Waals surface area contributed by atoms with Crippen molar-refractivity contribution in [3.8, 4) is 10.4 Å². The van der Waals surface area contributed by atoms with Crippen molar-refractivity contribution in [2.24, 2.45) is 0 Å². The molecule has 1 heterocycles. The molecule has 138 valence electrons. The first-order chi connectivity index (χ1) is 12.5. The fourth-order valence-electron chi connectivity index (χ4n) is 2.34. The third kappa shape index (κ3) is 5.15. The Hall–Kier alpha value is -2.19. The zero-order valence-corrected chi connectivity index (χ0v) is 16.7. The van der Waals surface area contributed by atoms with Gasteiger partial charge in [0, 0.05) is 26.9 Å². The average Bonchev–Trinajstić information content (AvgIpc) is 3.18. The number of benzene rings is 1. The second-order valence-electron chi connectivity index (χ2n) is 5.33. The van der Waals surface area contributed by atoms with Crippen LogP contribution in [0.2, 0.25) is 0 Å². The summed E-state index contributed by atoms with van der Waals surface area (Å²) in [5, 5.41) is 4.58. The van der Waals surface area contributed by atoms with Gasteiger partial charge in [-0.05, 0) is 36.1 Å². The minimum Gasteiger partial charge on any atom is -0.469 e. The van der Waals surface area contributed by atoms with Crippen LogP contribution in [0.1, 0.15) is 23.2 Å². The lowest BCUT2D eigenvalue weighted by Crippen LogP contribution is -2.42. The maximum atomic E-state index is 12.8. The van der Waals surface area contributed by atoms with Gasteiger partial charge < -0.3 is 14.8 Å². The van der Waals surface area contributed by atoms with E-state index in [-0.39, 0.29) is 12.8 Å². The summed E-state index contributed by atoms with van der Waals surface area (Å²) in [7, 11) is 2.50. The van der Waals surface area contributed by atoms with Crippen LogP contribution in [-0.4, -0.2) is 38.1 Å². The maximum absolute atomic E-state index is 12.8. The number of carbonyl (C=O) groups is 3. The van der Waals surface area contributed by atoms with Crippen LogP contribution in [0, 0.1) is 0 Å². The van der Waals surface area contributed by atoms with E-state index in [1.807, 2.05) is 23.6 Å². The molecule has 0 bridgehead atoms. The Kier molecular flexibility index (Phi) is 7.35. The number of nitrogens with one attached hydrogen (secondary N) is 1. The SMILES string of the molecule is COC(=O)CC[C@H](NC(=O)c1ccc(Br)cc1-c1cccs1)C(=O)OC. The predicted octanol–water partition coefficient (Wildman–Crippen LogP) is 3.40. The molecule has 1 N–H and O–H groups in total. The maximum Gasteiger partial charge on any atom is 0.328 e. The van der Waals surface area contributed by atoms with Gasteiger partial charge in [0.1, 0.15) is 6.04 Å². The third-order valence-corrected chi connectivity index (χ3v) is 5.07. The van der Waals surface area contributed by atoms with Crippen molar-refractivity contribution in [1.29, 1.82) is 0 Å². The zero-order chi connectivity index (χ0) is 19.1. The van der Waals surface area contributed by atoms with Crippen molar-refractivity contribution in [2.45, 2.75) is 18.9 Å². The molecule has 0 saturated carbocycles. The number of hydrogen-bond donors (Lipinski definition) is 1. The highest BCUT2D eigenvalue weighted by molar-refractivity contribution is 9.10. The third-order valence-electron chi connectivity index (χ3n) is 3.67. The molecule has 26 heavy (non-hydrogen) atoms. The molecule has 1 atom stereocenters. The Morgan fingerprint density at radius 2 is 1.96 bits per heavy atom. The summed E-state index contributed by atoms with van der Waals surface area (Å²) in [4.78, 5) is 37.0. The summed E-state index contributed by atoms with van der Waals surface area (Å²) in [5.74, 6) is -1.49. The Balaban J connectivity index is 2.24. The van der Waals surface area contributed by atoms with Gasteiger partial charge in [-0.25, -0.2) is 4.79 Å². The normalized spacial score (nSPS) is 11.5. The van der Waals surface area contributed by atoms with Crippen molar-refractivity contribution >= 4 is 45.1 Å². The average molecular weight is 440 g/mol. The smallest absolute Gasteiger partial charge is 0.328 e. The fourth-order valence-corrected chi connectivity index (χ4v) is 3.46. The van der Waals surface area contributed by atoms with E-state index in [1.165, 1.54) is 25.6 Å². The van der Waals surface area contributed by atoms with Crippen LogP contribution in [-0.2, 0) is 19.1 Å². The molecule has 1 aromatic carbocycles. The molecule has 0 unspecified atom stereocenters. The minimum atomic E-state index is -0.938. The molecule has 2 aromatic rings. The zero-order valence-electron chi connectivity index (χ0n) is 14.3. The number of amides is 1.